The summed E-state index contributed by atoms with van der Waals surface area (Å²) in [7, 11) is 0. The van der Waals surface area contributed by atoms with E-state index in [1.165, 1.54) is 12.1 Å². The predicted molar refractivity (Wildman–Crippen MR) is 72.3 cm³/mol. The van der Waals surface area contributed by atoms with E-state index in [1.54, 1.807) is 6.07 Å². The van der Waals surface area contributed by atoms with Crippen molar-refractivity contribution in [2.45, 2.75) is 12.8 Å². The Morgan fingerprint density at radius 2 is 2.32 bits per heavy atom. The van der Waals surface area contributed by atoms with Crippen molar-refractivity contribution in [1.29, 1.82) is 0 Å². The van der Waals surface area contributed by atoms with Crippen molar-refractivity contribution in [1.82, 2.24) is 5.32 Å². The largest absolute Gasteiger partial charge is 0.326 e. The molecule has 1 aromatic carbocycles. The van der Waals surface area contributed by atoms with E-state index in [1.807, 2.05) is 0 Å². The molecule has 0 radical (unpaired) electrons. The van der Waals surface area contributed by atoms with Crippen LogP contribution in [0.1, 0.15) is 12.8 Å². The van der Waals surface area contributed by atoms with E-state index in [0.717, 1.165) is 19.4 Å². The van der Waals surface area contributed by atoms with Crippen LogP contribution >= 0.6 is 11.6 Å². The Kier molecular flexibility index (Phi) is 4.34. The van der Waals surface area contributed by atoms with E-state index in [4.69, 9.17) is 11.6 Å². The Morgan fingerprint density at radius 1 is 1.53 bits per heavy atom. The molecule has 1 aliphatic heterocycles. The quantitative estimate of drug-likeness (QED) is 0.658. The molecule has 1 aliphatic rings. The molecule has 1 fully saturated rings. The molecule has 0 aliphatic carbocycles. The number of rotatable bonds is 3. The number of hydrogen-bond acceptors (Lipinski definition) is 4. The molecule has 0 saturated carbocycles. The molecule has 1 saturated heterocycles. The number of benzene rings is 1. The average Bonchev–Trinajstić information content (AvgIpc) is 2.41. The molecule has 0 bridgehead atoms. The highest BCUT2D eigenvalue weighted by molar-refractivity contribution is 6.32. The number of carbonyl (C=O) groups is 1. The lowest BCUT2D eigenvalue weighted by molar-refractivity contribution is -0.384. The first-order valence-corrected chi connectivity index (χ1v) is 6.41. The smallest absolute Gasteiger partial charge is 0.289 e. The molecule has 0 spiro atoms. The zero-order chi connectivity index (χ0) is 13.8. The summed E-state index contributed by atoms with van der Waals surface area (Å²) in [5.41, 5.74) is 0.188. The summed E-state index contributed by atoms with van der Waals surface area (Å²) in [5.74, 6) is -0.215. The van der Waals surface area contributed by atoms with Crippen LogP contribution in [0.5, 0.6) is 0 Å². The Labute approximate surface area is 115 Å². The second-order valence-electron chi connectivity index (χ2n) is 4.46. The standard InChI is InChI=1S/C12H14ClN3O3/c13-10-4-3-9(6-11(10)16(18)19)15-12(17)8-2-1-5-14-7-8/h3-4,6,8,14H,1-2,5,7H2,(H,15,17). The molecule has 1 aromatic rings. The lowest BCUT2D eigenvalue weighted by Crippen LogP contribution is -2.37. The molecule has 7 heteroatoms. The van der Waals surface area contributed by atoms with Crippen LogP contribution in [0.15, 0.2) is 18.2 Å². The highest BCUT2D eigenvalue weighted by Crippen LogP contribution is 2.27. The van der Waals surface area contributed by atoms with E-state index in [2.05, 4.69) is 10.6 Å². The number of nitro groups is 1. The first-order chi connectivity index (χ1) is 9.08. The summed E-state index contributed by atoms with van der Waals surface area (Å²) in [4.78, 5) is 22.2. The summed E-state index contributed by atoms with van der Waals surface area (Å²) in [6.45, 7) is 1.57. The Morgan fingerprint density at radius 3 is 2.95 bits per heavy atom. The van der Waals surface area contributed by atoms with Gasteiger partial charge >= 0.3 is 0 Å². The van der Waals surface area contributed by atoms with Gasteiger partial charge in [-0.15, -0.1) is 0 Å². The summed E-state index contributed by atoms with van der Waals surface area (Å²) in [6.07, 6.45) is 1.79. The van der Waals surface area contributed by atoms with Crippen molar-refractivity contribution >= 4 is 28.9 Å². The van der Waals surface area contributed by atoms with Crippen molar-refractivity contribution in [2.24, 2.45) is 5.92 Å². The molecular weight excluding hydrogens is 270 g/mol. The first kappa shape index (κ1) is 13.8. The Bertz CT molecular complexity index is 501. The van der Waals surface area contributed by atoms with Crippen molar-refractivity contribution < 1.29 is 9.72 Å². The van der Waals surface area contributed by atoms with Gasteiger partial charge in [-0.3, -0.25) is 14.9 Å². The van der Waals surface area contributed by atoms with E-state index in [-0.39, 0.29) is 22.5 Å². The first-order valence-electron chi connectivity index (χ1n) is 6.03. The zero-order valence-corrected chi connectivity index (χ0v) is 10.9. The number of piperidine rings is 1. The molecule has 1 amide bonds. The zero-order valence-electron chi connectivity index (χ0n) is 10.2. The molecule has 0 aromatic heterocycles. The lowest BCUT2D eigenvalue weighted by atomic mass is 9.99. The highest BCUT2D eigenvalue weighted by atomic mass is 35.5. The minimum atomic E-state index is -0.569. The van der Waals surface area contributed by atoms with Crippen molar-refractivity contribution in [3.8, 4) is 0 Å². The summed E-state index contributed by atoms with van der Waals surface area (Å²) in [5, 5.41) is 16.7. The highest BCUT2D eigenvalue weighted by Gasteiger charge is 2.21. The van der Waals surface area contributed by atoms with Gasteiger partial charge in [-0.25, -0.2) is 0 Å². The van der Waals surface area contributed by atoms with Crippen LogP contribution in [-0.4, -0.2) is 23.9 Å². The SMILES string of the molecule is O=C(Nc1ccc(Cl)c([N+](=O)[O-])c1)C1CCCNC1. The maximum atomic E-state index is 12.0. The molecule has 102 valence electrons. The van der Waals surface area contributed by atoms with E-state index in [0.29, 0.717) is 12.2 Å². The van der Waals surface area contributed by atoms with Crippen LogP contribution in [0.2, 0.25) is 5.02 Å². The third-order valence-corrected chi connectivity index (χ3v) is 3.40. The monoisotopic (exact) mass is 283 g/mol. The topological polar surface area (TPSA) is 84.3 Å². The molecule has 1 heterocycles. The molecule has 2 N–H and O–H groups in total. The molecule has 19 heavy (non-hydrogen) atoms. The number of anilines is 1. The van der Waals surface area contributed by atoms with Gasteiger partial charge in [0.25, 0.3) is 5.69 Å². The molecule has 1 atom stereocenters. The van der Waals surface area contributed by atoms with Crippen LogP contribution in [0, 0.1) is 16.0 Å². The van der Waals surface area contributed by atoms with Gasteiger partial charge in [0.05, 0.1) is 10.8 Å². The van der Waals surface area contributed by atoms with Gasteiger partial charge in [-0.1, -0.05) is 11.6 Å². The second kappa shape index (κ2) is 5.99. The number of hydrogen-bond donors (Lipinski definition) is 2. The second-order valence-corrected chi connectivity index (χ2v) is 4.86. The summed E-state index contributed by atoms with van der Waals surface area (Å²) < 4.78 is 0. The maximum absolute atomic E-state index is 12.0. The fourth-order valence-electron chi connectivity index (χ4n) is 2.05. The van der Waals surface area contributed by atoms with Gasteiger partial charge in [-0.2, -0.15) is 0 Å². The summed E-state index contributed by atoms with van der Waals surface area (Å²) in [6, 6.07) is 4.24. The normalized spacial score (nSPS) is 18.9. The van der Waals surface area contributed by atoms with Crippen LogP contribution in [0.3, 0.4) is 0 Å². The van der Waals surface area contributed by atoms with Gasteiger partial charge in [0.15, 0.2) is 0 Å². The summed E-state index contributed by atoms with van der Waals surface area (Å²) >= 11 is 5.71. The number of carbonyl (C=O) groups excluding carboxylic acids is 1. The van der Waals surface area contributed by atoms with Crippen molar-refractivity contribution in [3.05, 3.63) is 33.3 Å². The Hall–Kier alpha value is -1.66. The fourth-order valence-corrected chi connectivity index (χ4v) is 2.24. The fraction of sp³-hybridized carbons (Fsp3) is 0.417. The van der Waals surface area contributed by atoms with Gasteiger partial charge in [-0.05, 0) is 31.5 Å². The third kappa shape index (κ3) is 3.42. The average molecular weight is 284 g/mol. The molecule has 1 unspecified atom stereocenters. The third-order valence-electron chi connectivity index (χ3n) is 3.08. The van der Waals surface area contributed by atoms with Gasteiger partial charge < -0.3 is 10.6 Å². The number of nitrogens with one attached hydrogen (secondary N) is 2. The van der Waals surface area contributed by atoms with E-state index < -0.39 is 4.92 Å². The molecular formula is C12H14ClN3O3. The van der Waals surface area contributed by atoms with Crippen LogP contribution in [-0.2, 0) is 4.79 Å². The van der Waals surface area contributed by atoms with Gasteiger partial charge in [0, 0.05) is 18.3 Å². The Balaban J connectivity index is 2.08. The van der Waals surface area contributed by atoms with Crippen LogP contribution in [0.25, 0.3) is 0 Å². The van der Waals surface area contributed by atoms with E-state index in [9.17, 15) is 14.9 Å². The van der Waals surface area contributed by atoms with E-state index >= 15 is 0 Å². The van der Waals surface area contributed by atoms with Crippen molar-refractivity contribution in [3.63, 3.8) is 0 Å². The number of amides is 1. The minimum Gasteiger partial charge on any atom is -0.326 e. The number of nitro benzene ring substituents is 1. The maximum Gasteiger partial charge on any atom is 0.289 e. The van der Waals surface area contributed by atoms with Crippen molar-refractivity contribution in [2.75, 3.05) is 18.4 Å². The lowest BCUT2D eigenvalue weighted by Gasteiger charge is -2.21. The molecule has 2 rings (SSSR count). The van der Waals surface area contributed by atoms with Gasteiger partial charge in [0.2, 0.25) is 5.91 Å². The minimum absolute atomic E-state index is 0.0577. The molecule has 6 nitrogen and oxygen atoms in total. The van der Waals surface area contributed by atoms with Crippen LogP contribution in [0.4, 0.5) is 11.4 Å². The van der Waals surface area contributed by atoms with Gasteiger partial charge in [0.1, 0.15) is 5.02 Å². The van der Waals surface area contributed by atoms with Crippen LogP contribution < -0.4 is 10.6 Å². The number of halogens is 1. The number of nitrogens with zero attached hydrogens (tertiary/aromatic N) is 1. The predicted octanol–water partition coefficient (Wildman–Crippen LogP) is 2.19.